The molecule has 1 heterocycles. The zero-order valence-corrected chi connectivity index (χ0v) is 22.0. The highest BCUT2D eigenvalue weighted by molar-refractivity contribution is 7.89. The first-order chi connectivity index (χ1) is 17.1. The van der Waals surface area contributed by atoms with Gasteiger partial charge in [-0.15, -0.1) is 0 Å². The summed E-state index contributed by atoms with van der Waals surface area (Å²) >= 11 is 0. The molecule has 0 spiro atoms. The van der Waals surface area contributed by atoms with Gasteiger partial charge in [0.2, 0.25) is 15.8 Å². The van der Waals surface area contributed by atoms with E-state index in [0.717, 1.165) is 22.3 Å². The van der Waals surface area contributed by atoms with Gasteiger partial charge in [0, 0.05) is 23.7 Å². The van der Waals surface area contributed by atoms with E-state index in [1.165, 1.54) is 0 Å². The number of nitrogens with one attached hydrogen (secondary N) is 1. The van der Waals surface area contributed by atoms with Crippen molar-refractivity contribution in [3.63, 3.8) is 0 Å². The quantitative estimate of drug-likeness (QED) is 0.462. The number of benzene rings is 2. The fourth-order valence-electron chi connectivity index (χ4n) is 4.43. The molecule has 0 bridgehead atoms. The summed E-state index contributed by atoms with van der Waals surface area (Å²) in [5.41, 5.74) is 4.86. The predicted molar refractivity (Wildman–Crippen MR) is 137 cm³/mol. The maximum absolute atomic E-state index is 12.7. The van der Waals surface area contributed by atoms with Gasteiger partial charge in [0.05, 0.1) is 17.4 Å². The summed E-state index contributed by atoms with van der Waals surface area (Å²) in [6.07, 6.45) is 1.32. The lowest BCUT2D eigenvalue weighted by molar-refractivity contribution is 0.241. The summed E-state index contributed by atoms with van der Waals surface area (Å²) in [4.78, 5) is 6.45. The van der Waals surface area contributed by atoms with Crippen LogP contribution in [0.1, 0.15) is 48.6 Å². The van der Waals surface area contributed by atoms with Crippen molar-refractivity contribution in [1.29, 1.82) is 5.26 Å². The highest BCUT2D eigenvalue weighted by Gasteiger charge is 2.31. The minimum atomic E-state index is -3.42. The molecule has 1 N–H and O–H groups in total. The molecule has 0 aliphatic heterocycles. The summed E-state index contributed by atoms with van der Waals surface area (Å²) in [6.45, 7) is 6.25. The summed E-state index contributed by atoms with van der Waals surface area (Å²) in [5, 5.41) is 13.7. The number of nitrogens with zero attached hydrogens (tertiary/aromatic N) is 4. The van der Waals surface area contributed by atoms with Gasteiger partial charge in [-0.2, -0.15) is 10.2 Å². The maximum Gasteiger partial charge on any atom is 0.258 e. The Morgan fingerprint density at radius 1 is 1.28 bits per heavy atom. The van der Waals surface area contributed by atoms with Gasteiger partial charge < -0.3 is 14.2 Å². The molecule has 1 aliphatic carbocycles. The molecule has 1 atom stereocenters. The van der Waals surface area contributed by atoms with Crippen LogP contribution in [0.15, 0.2) is 34.9 Å². The fourth-order valence-corrected chi connectivity index (χ4v) is 5.82. The van der Waals surface area contributed by atoms with Crippen molar-refractivity contribution >= 4 is 10.0 Å². The molecule has 9 nitrogen and oxygen atoms in total. The maximum atomic E-state index is 12.7. The number of nitriles is 1. The van der Waals surface area contributed by atoms with Crippen molar-refractivity contribution in [2.24, 2.45) is 0 Å². The molecule has 0 saturated heterocycles. The van der Waals surface area contributed by atoms with Crippen LogP contribution in [-0.2, 0) is 16.4 Å². The second-order valence-corrected chi connectivity index (χ2v) is 11.4. The first kappa shape index (κ1) is 25.8. The van der Waals surface area contributed by atoms with Gasteiger partial charge in [0.15, 0.2) is 0 Å². The Balaban J connectivity index is 1.62. The molecule has 0 amide bonds. The van der Waals surface area contributed by atoms with Crippen LogP contribution in [-0.4, -0.2) is 56.0 Å². The Hall–Kier alpha value is -3.26. The number of fused-ring (bicyclic) bond motifs is 1. The molecule has 190 valence electrons. The van der Waals surface area contributed by atoms with Gasteiger partial charge in [-0.05, 0) is 82.6 Å². The molecule has 2 aromatic carbocycles. The molecule has 1 unspecified atom stereocenters. The third-order valence-electron chi connectivity index (χ3n) is 6.11. The number of aryl methyl sites for hydroxylation is 1. The summed E-state index contributed by atoms with van der Waals surface area (Å²) in [6, 6.07) is 11.0. The van der Waals surface area contributed by atoms with E-state index in [0.29, 0.717) is 48.0 Å². The molecule has 0 radical (unpaired) electrons. The Morgan fingerprint density at radius 2 is 2.06 bits per heavy atom. The molecule has 10 heteroatoms. The van der Waals surface area contributed by atoms with Crippen LogP contribution < -0.4 is 9.46 Å². The van der Waals surface area contributed by atoms with Gasteiger partial charge in [0.1, 0.15) is 11.8 Å². The molecule has 1 aromatic heterocycles. The zero-order valence-electron chi connectivity index (χ0n) is 21.2. The molecule has 4 rings (SSSR count). The van der Waals surface area contributed by atoms with Gasteiger partial charge in [-0.3, -0.25) is 0 Å². The van der Waals surface area contributed by atoms with Crippen molar-refractivity contribution in [2.75, 3.05) is 26.4 Å². The van der Waals surface area contributed by atoms with Gasteiger partial charge in [-0.1, -0.05) is 17.3 Å². The van der Waals surface area contributed by atoms with Gasteiger partial charge in [-0.25, -0.2) is 13.1 Å². The van der Waals surface area contributed by atoms with Crippen LogP contribution >= 0.6 is 0 Å². The molecular weight excluding hydrogens is 478 g/mol. The van der Waals surface area contributed by atoms with E-state index in [9.17, 15) is 13.7 Å². The minimum Gasteiger partial charge on any atom is -0.490 e. The third-order valence-corrected chi connectivity index (χ3v) is 7.48. The van der Waals surface area contributed by atoms with Crippen molar-refractivity contribution in [2.45, 2.75) is 45.8 Å². The van der Waals surface area contributed by atoms with Gasteiger partial charge >= 0.3 is 0 Å². The molecule has 3 aromatic rings. The molecule has 0 saturated carbocycles. The predicted octanol–water partition coefficient (Wildman–Crippen LogP) is 3.84. The van der Waals surface area contributed by atoms with Crippen molar-refractivity contribution in [3.8, 4) is 34.7 Å². The van der Waals surface area contributed by atoms with E-state index < -0.39 is 10.0 Å². The molecule has 0 fully saturated rings. The summed E-state index contributed by atoms with van der Waals surface area (Å²) in [5.74, 6) is 1.28. The van der Waals surface area contributed by atoms with E-state index in [1.54, 1.807) is 18.2 Å². The average molecular weight is 510 g/mol. The zero-order chi connectivity index (χ0) is 26.0. The number of rotatable bonds is 9. The smallest absolute Gasteiger partial charge is 0.258 e. The Labute approximate surface area is 212 Å². The highest BCUT2D eigenvalue weighted by Crippen LogP contribution is 2.40. The monoisotopic (exact) mass is 509 g/mol. The Morgan fingerprint density at radius 3 is 2.75 bits per heavy atom. The second kappa shape index (κ2) is 10.4. The number of hydrogen-bond donors (Lipinski definition) is 1. The molecular formula is C26H31N5O4S. The largest absolute Gasteiger partial charge is 0.490 e. The van der Waals surface area contributed by atoms with Gasteiger partial charge in [0.25, 0.3) is 5.89 Å². The fraction of sp³-hybridized carbons (Fsp3) is 0.423. The van der Waals surface area contributed by atoms with Crippen LogP contribution in [0.5, 0.6) is 5.75 Å². The van der Waals surface area contributed by atoms with E-state index in [2.05, 4.69) is 20.9 Å². The van der Waals surface area contributed by atoms with Crippen molar-refractivity contribution < 1.29 is 17.7 Å². The van der Waals surface area contributed by atoms with E-state index >= 15 is 0 Å². The highest BCUT2D eigenvalue weighted by atomic mass is 32.2. The summed E-state index contributed by atoms with van der Waals surface area (Å²) < 4.78 is 39.4. The third kappa shape index (κ3) is 5.59. The topological polar surface area (TPSA) is 121 Å². The number of hydrogen-bond acceptors (Lipinski definition) is 8. The minimum absolute atomic E-state index is 0.0461. The van der Waals surface area contributed by atoms with Crippen molar-refractivity contribution in [3.05, 3.63) is 52.6 Å². The Kier molecular flexibility index (Phi) is 7.45. The van der Waals surface area contributed by atoms with Crippen LogP contribution in [0.4, 0.5) is 0 Å². The molecule has 36 heavy (non-hydrogen) atoms. The normalized spacial score (nSPS) is 15.3. The van der Waals surface area contributed by atoms with Crippen LogP contribution in [0, 0.1) is 18.3 Å². The number of sulfonamides is 1. The lowest BCUT2D eigenvalue weighted by Crippen LogP contribution is -2.33. The van der Waals surface area contributed by atoms with Crippen LogP contribution in [0.3, 0.4) is 0 Å². The van der Waals surface area contributed by atoms with E-state index in [1.807, 2.05) is 51.9 Å². The first-order valence-electron chi connectivity index (χ1n) is 11.9. The SMILES string of the molecule is Cc1ccc(-c2noc(-c3ccc(OC(C)C)c(C#N)c3)n2)c2c1C(NS(=O)(=O)CCN(C)C)CC2. The first-order valence-corrected chi connectivity index (χ1v) is 13.6. The van der Waals surface area contributed by atoms with Crippen molar-refractivity contribution in [1.82, 2.24) is 19.8 Å². The van der Waals surface area contributed by atoms with E-state index in [4.69, 9.17) is 9.26 Å². The lowest BCUT2D eigenvalue weighted by atomic mass is 9.97. The second-order valence-electron chi connectivity index (χ2n) is 9.57. The average Bonchev–Trinajstić information content (AvgIpc) is 3.46. The Bertz CT molecular complexity index is 1410. The van der Waals surface area contributed by atoms with E-state index in [-0.39, 0.29) is 17.9 Å². The molecule has 1 aliphatic rings. The lowest BCUT2D eigenvalue weighted by Gasteiger charge is -2.18. The standard InChI is InChI=1S/C26H31N5O4S/c1-16(2)34-23-11-7-18(14-19(23)15-27)26-28-25(29-35-26)21-8-6-17(3)24-20(21)9-10-22(24)30-36(32,33)13-12-31(4)5/h6-8,11,14,16,22,30H,9-10,12-13H2,1-5H3. The number of aromatic nitrogens is 2. The summed E-state index contributed by atoms with van der Waals surface area (Å²) in [7, 11) is 0.279. The van der Waals surface area contributed by atoms with Crippen LogP contribution in [0.25, 0.3) is 22.8 Å². The van der Waals surface area contributed by atoms with Crippen LogP contribution in [0.2, 0.25) is 0 Å². The number of ether oxygens (including phenoxy) is 1.